The van der Waals surface area contributed by atoms with E-state index in [1.807, 2.05) is 30.3 Å². The Hall–Kier alpha value is -1.04. The van der Waals surface area contributed by atoms with Crippen LogP contribution in [0.25, 0.3) is 0 Å². The van der Waals surface area contributed by atoms with Crippen molar-refractivity contribution in [3.05, 3.63) is 35.9 Å². The van der Waals surface area contributed by atoms with Crippen LogP contribution in [0.3, 0.4) is 0 Å². The Bertz CT molecular complexity index is 442. The van der Waals surface area contributed by atoms with Crippen molar-refractivity contribution in [3.63, 3.8) is 0 Å². The summed E-state index contributed by atoms with van der Waals surface area (Å²) in [6.45, 7) is 0.902. The van der Waals surface area contributed by atoms with Crippen molar-refractivity contribution in [2.45, 2.75) is 18.2 Å². The third-order valence-corrected chi connectivity index (χ3v) is 4.07. The highest BCUT2D eigenvalue weighted by molar-refractivity contribution is 8.00. The zero-order valence-corrected chi connectivity index (χ0v) is 12.1. The molecule has 1 aromatic rings. The molecule has 1 atom stereocenters. The van der Waals surface area contributed by atoms with Crippen molar-refractivity contribution in [1.29, 1.82) is 0 Å². The number of imide groups is 1. The number of hydrogen-bond donors (Lipinski definition) is 1. The van der Waals surface area contributed by atoms with Crippen LogP contribution >= 0.6 is 24.2 Å². The van der Waals surface area contributed by atoms with E-state index in [1.54, 1.807) is 0 Å². The van der Waals surface area contributed by atoms with Crippen molar-refractivity contribution in [1.82, 2.24) is 4.90 Å². The number of amides is 2. The normalized spacial score (nSPS) is 18.6. The lowest BCUT2D eigenvalue weighted by atomic mass is 10.2. The van der Waals surface area contributed by atoms with Crippen LogP contribution in [0.5, 0.6) is 0 Å². The molecule has 1 aliphatic rings. The number of likely N-dealkylation sites (tertiary alicyclic amines) is 1. The molecular formula is C13H17ClN2O2S. The molecule has 0 aromatic heterocycles. The Kier molecular flexibility index (Phi) is 6.34. The zero-order chi connectivity index (χ0) is 13.0. The third kappa shape index (κ3) is 3.96. The zero-order valence-electron chi connectivity index (χ0n) is 10.5. The fourth-order valence-corrected chi connectivity index (χ4v) is 2.88. The largest absolute Gasteiger partial charge is 0.330 e. The molecule has 1 unspecified atom stereocenters. The Morgan fingerprint density at radius 2 is 1.95 bits per heavy atom. The molecule has 1 aromatic carbocycles. The SMILES string of the molecule is Cl.NCCSC1CC(=O)N(Cc2ccccc2)C1=O. The molecule has 4 nitrogen and oxygen atoms in total. The smallest absolute Gasteiger partial charge is 0.243 e. The Balaban J connectivity index is 0.00000180. The average Bonchev–Trinajstić information content (AvgIpc) is 2.65. The monoisotopic (exact) mass is 300 g/mol. The first-order valence-electron chi connectivity index (χ1n) is 5.92. The first-order valence-corrected chi connectivity index (χ1v) is 6.97. The minimum Gasteiger partial charge on any atom is -0.330 e. The summed E-state index contributed by atoms with van der Waals surface area (Å²) in [5.41, 5.74) is 6.39. The van der Waals surface area contributed by atoms with Gasteiger partial charge in [0.25, 0.3) is 0 Å². The standard InChI is InChI=1S/C13H16N2O2S.ClH/c14-6-7-18-11-8-12(16)15(13(11)17)9-10-4-2-1-3-5-10;/h1-5,11H,6-9,14H2;1H. The first kappa shape index (κ1) is 16.0. The van der Waals surface area contributed by atoms with E-state index in [2.05, 4.69) is 0 Å². The molecule has 2 N–H and O–H groups in total. The molecule has 0 aliphatic carbocycles. The highest BCUT2D eigenvalue weighted by atomic mass is 35.5. The van der Waals surface area contributed by atoms with Crippen LogP contribution in [0.1, 0.15) is 12.0 Å². The molecule has 6 heteroatoms. The van der Waals surface area contributed by atoms with Crippen molar-refractivity contribution in [2.75, 3.05) is 12.3 Å². The van der Waals surface area contributed by atoms with E-state index >= 15 is 0 Å². The summed E-state index contributed by atoms with van der Waals surface area (Å²) in [4.78, 5) is 25.2. The van der Waals surface area contributed by atoms with E-state index in [9.17, 15) is 9.59 Å². The van der Waals surface area contributed by atoms with Crippen LogP contribution in [0.15, 0.2) is 30.3 Å². The number of nitrogens with two attached hydrogens (primary N) is 1. The van der Waals surface area contributed by atoms with Gasteiger partial charge >= 0.3 is 0 Å². The van der Waals surface area contributed by atoms with Gasteiger partial charge in [0.1, 0.15) is 0 Å². The van der Waals surface area contributed by atoms with Gasteiger partial charge in [-0.15, -0.1) is 24.2 Å². The second-order valence-corrected chi connectivity index (χ2v) is 5.47. The van der Waals surface area contributed by atoms with Gasteiger partial charge in [-0.1, -0.05) is 30.3 Å². The van der Waals surface area contributed by atoms with Gasteiger partial charge in [0.2, 0.25) is 11.8 Å². The van der Waals surface area contributed by atoms with Crippen molar-refractivity contribution >= 4 is 36.0 Å². The van der Waals surface area contributed by atoms with Crippen molar-refractivity contribution in [3.8, 4) is 0 Å². The van der Waals surface area contributed by atoms with Gasteiger partial charge in [0.05, 0.1) is 11.8 Å². The number of hydrogen-bond acceptors (Lipinski definition) is 4. The minimum atomic E-state index is -0.246. The quantitative estimate of drug-likeness (QED) is 0.836. The number of halogens is 1. The fraction of sp³-hybridized carbons (Fsp3) is 0.385. The van der Waals surface area contributed by atoms with E-state index < -0.39 is 0 Å². The topological polar surface area (TPSA) is 63.4 Å². The summed E-state index contributed by atoms with van der Waals surface area (Å²) in [5.74, 6) is 0.545. The molecule has 0 radical (unpaired) electrons. The summed E-state index contributed by atoms with van der Waals surface area (Å²) < 4.78 is 0. The third-order valence-electron chi connectivity index (χ3n) is 2.82. The van der Waals surface area contributed by atoms with Gasteiger partial charge in [0.15, 0.2) is 0 Å². The van der Waals surface area contributed by atoms with Gasteiger partial charge in [-0.3, -0.25) is 14.5 Å². The van der Waals surface area contributed by atoms with Crippen molar-refractivity contribution in [2.24, 2.45) is 5.73 Å². The second kappa shape index (κ2) is 7.53. The molecule has 2 rings (SSSR count). The highest BCUT2D eigenvalue weighted by Crippen LogP contribution is 2.26. The molecule has 0 spiro atoms. The van der Waals surface area contributed by atoms with Crippen molar-refractivity contribution < 1.29 is 9.59 Å². The molecule has 1 aliphatic heterocycles. The molecule has 2 amide bonds. The summed E-state index contributed by atoms with van der Waals surface area (Å²) in [6.07, 6.45) is 0.302. The van der Waals surface area contributed by atoms with Gasteiger partial charge in [-0.05, 0) is 5.56 Å². The first-order chi connectivity index (χ1) is 8.72. The maximum absolute atomic E-state index is 12.1. The number of carbonyl (C=O) groups excluding carboxylic acids is 2. The van der Waals surface area contributed by atoms with Gasteiger partial charge in [-0.2, -0.15) is 0 Å². The number of benzene rings is 1. The van der Waals surface area contributed by atoms with Crippen LogP contribution in [0.2, 0.25) is 0 Å². The minimum absolute atomic E-state index is 0. The maximum atomic E-state index is 12.1. The van der Waals surface area contributed by atoms with Crippen LogP contribution in [-0.2, 0) is 16.1 Å². The molecule has 1 fully saturated rings. The summed E-state index contributed by atoms with van der Waals surface area (Å²) in [7, 11) is 0. The molecule has 0 bridgehead atoms. The molecule has 1 saturated heterocycles. The summed E-state index contributed by atoms with van der Waals surface area (Å²) in [5, 5.41) is -0.246. The molecule has 19 heavy (non-hydrogen) atoms. The average molecular weight is 301 g/mol. The maximum Gasteiger partial charge on any atom is 0.243 e. The van der Waals surface area contributed by atoms with Crippen LogP contribution in [0, 0.1) is 0 Å². The number of carbonyl (C=O) groups is 2. The Labute approximate surface area is 123 Å². The lowest BCUT2D eigenvalue weighted by Gasteiger charge is -2.14. The Morgan fingerprint density at radius 3 is 2.58 bits per heavy atom. The number of rotatable bonds is 5. The van der Waals surface area contributed by atoms with E-state index in [0.717, 1.165) is 5.56 Å². The van der Waals surface area contributed by atoms with E-state index in [-0.39, 0.29) is 29.5 Å². The second-order valence-electron chi connectivity index (χ2n) is 4.16. The summed E-state index contributed by atoms with van der Waals surface area (Å²) in [6, 6.07) is 9.56. The lowest BCUT2D eigenvalue weighted by Crippen LogP contribution is -2.30. The van der Waals surface area contributed by atoms with Gasteiger partial charge in [-0.25, -0.2) is 0 Å². The number of nitrogens with zero attached hydrogens (tertiary/aromatic N) is 1. The van der Waals surface area contributed by atoms with Crippen LogP contribution < -0.4 is 5.73 Å². The summed E-state index contributed by atoms with van der Waals surface area (Å²) >= 11 is 1.47. The molecular weight excluding hydrogens is 284 g/mol. The Morgan fingerprint density at radius 1 is 1.26 bits per heavy atom. The fourth-order valence-electron chi connectivity index (χ4n) is 1.93. The number of thioether (sulfide) groups is 1. The highest BCUT2D eigenvalue weighted by Gasteiger charge is 2.38. The van der Waals surface area contributed by atoms with Crippen LogP contribution in [-0.4, -0.2) is 34.3 Å². The van der Waals surface area contributed by atoms with E-state index in [1.165, 1.54) is 16.7 Å². The molecule has 0 saturated carbocycles. The van der Waals surface area contributed by atoms with Gasteiger partial charge < -0.3 is 5.73 Å². The predicted molar refractivity (Wildman–Crippen MR) is 79.2 cm³/mol. The van der Waals surface area contributed by atoms with Crippen LogP contribution in [0.4, 0.5) is 0 Å². The van der Waals surface area contributed by atoms with E-state index in [0.29, 0.717) is 25.3 Å². The predicted octanol–water partition coefficient (Wildman–Crippen LogP) is 1.43. The molecule has 104 valence electrons. The van der Waals surface area contributed by atoms with Gasteiger partial charge in [0, 0.05) is 18.7 Å². The molecule has 1 heterocycles. The van der Waals surface area contributed by atoms with E-state index in [4.69, 9.17) is 5.73 Å². The lowest BCUT2D eigenvalue weighted by molar-refractivity contribution is -0.138.